The molecule has 0 radical (unpaired) electrons. The van der Waals surface area contributed by atoms with Gasteiger partial charge < -0.3 is 4.74 Å². The second kappa shape index (κ2) is 6.11. The number of Topliss-reactive ketones (excluding diaryl/α,β-unsaturated/α-hetero) is 1. The van der Waals surface area contributed by atoms with Crippen molar-refractivity contribution in [3.8, 4) is 0 Å². The summed E-state index contributed by atoms with van der Waals surface area (Å²) in [5, 5.41) is 0. The van der Waals surface area contributed by atoms with Gasteiger partial charge in [-0.1, -0.05) is 25.0 Å². The van der Waals surface area contributed by atoms with Crippen molar-refractivity contribution in [2.75, 3.05) is 4.90 Å². The fraction of sp³-hybridized carbons (Fsp3) is 0.556. The summed E-state index contributed by atoms with van der Waals surface area (Å²) in [6.45, 7) is 9.56. The van der Waals surface area contributed by atoms with Crippen LogP contribution in [-0.2, 0) is 4.74 Å². The standard InChI is InChI=1S/C18H25NO3/c1-6-7-13-11-16(20)14-10-12(2)8-9-15(14)19(13)17(21)22-18(3,4)5/h8-10,13H,6-7,11H2,1-5H3. The quantitative estimate of drug-likeness (QED) is 0.808. The number of ether oxygens (including phenoxy) is 1. The topological polar surface area (TPSA) is 46.6 Å². The Bertz CT molecular complexity index is 586. The van der Waals surface area contributed by atoms with Crippen molar-refractivity contribution in [3.05, 3.63) is 29.3 Å². The zero-order valence-electron chi connectivity index (χ0n) is 14.1. The first-order valence-electron chi connectivity index (χ1n) is 7.89. The van der Waals surface area contributed by atoms with Gasteiger partial charge in [0.25, 0.3) is 0 Å². The predicted molar refractivity (Wildman–Crippen MR) is 87.5 cm³/mol. The third-order valence-corrected chi connectivity index (χ3v) is 3.71. The average Bonchev–Trinajstić information content (AvgIpc) is 2.38. The fourth-order valence-corrected chi connectivity index (χ4v) is 2.82. The molecule has 120 valence electrons. The summed E-state index contributed by atoms with van der Waals surface area (Å²) in [5.74, 6) is 0.108. The van der Waals surface area contributed by atoms with E-state index in [2.05, 4.69) is 6.92 Å². The van der Waals surface area contributed by atoms with E-state index < -0.39 is 5.60 Å². The number of ketones is 1. The van der Waals surface area contributed by atoms with Crippen LogP contribution in [0.5, 0.6) is 0 Å². The predicted octanol–water partition coefficient (Wildman–Crippen LogP) is 4.49. The van der Waals surface area contributed by atoms with Crippen LogP contribution in [0.4, 0.5) is 10.5 Å². The lowest BCUT2D eigenvalue weighted by Crippen LogP contribution is -2.47. The van der Waals surface area contributed by atoms with Gasteiger partial charge in [0.2, 0.25) is 0 Å². The smallest absolute Gasteiger partial charge is 0.415 e. The Morgan fingerprint density at radius 3 is 2.64 bits per heavy atom. The fourth-order valence-electron chi connectivity index (χ4n) is 2.82. The minimum atomic E-state index is -0.555. The van der Waals surface area contributed by atoms with Crippen molar-refractivity contribution in [1.82, 2.24) is 0 Å². The molecule has 0 aromatic heterocycles. The summed E-state index contributed by atoms with van der Waals surface area (Å²) in [5.41, 5.74) is 1.76. The van der Waals surface area contributed by atoms with E-state index in [1.54, 1.807) is 4.90 Å². The number of benzene rings is 1. The van der Waals surface area contributed by atoms with Crippen LogP contribution in [-0.4, -0.2) is 23.5 Å². The molecule has 2 rings (SSSR count). The molecule has 0 fully saturated rings. The molecular formula is C18H25NO3. The van der Waals surface area contributed by atoms with Crippen LogP contribution in [0.15, 0.2) is 18.2 Å². The molecule has 0 aliphatic carbocycles. The number of amides is 1. The highest BCUT2D eigenvalue weighted by atomic mass is 16.6. The summed E-state index contributed by atoms with van der Waals surface area (Å²) in [6.07, 6.45) is 1.70. The van der Waals surface area contributed by atoms with E-state index in [9.17, 15) is 9.59 Å². The maximum Gasteiger partial charge on any atom is 0.415 e. The van der Waals surface area contributed by atoms with E-state index in [0.717, 1.165) is 18.4 Å². The monoisotopic (exact) mass is 303 g/mol. The number of nitrogens with zero attached hydrogens (tertiary/aromatic N) is 1. The Morgan fingerprint density at radius 1 is 1.36 bits per heavy atom. The maximum atomic E-state index is 12.6. The van der Waals surface area contributed by atoms with Gasteiger partial charge in [0.1, 0.15) is 5.60 Å². The number of hydrogen-bond acceptors (Lipinski definition) is 3. The van der Waals surface area contributed by atoms with Crippen molar-refractivity contribution in [3.63, 3.8) is 0 Å². The number of anilines is 1. The van der Waals surface area contributed by atoms with Gasteiger partial charge in [-0.15, -0.1) is 0 Å². The highest BCUT2D eigenvalue weighted by Crippen LogP contribution is 2.34. The first-order chi connectivity index (χ1) is 10.2. The number of carbonyl (C=O) groups is 2. The normalized spacial score (nSPS) is 18.1. The molecule has 1 amide bonds. The van der Waals surface area contributed by atoms with Crippen molar-refractivity contribution in [2.24, 2.45) is 0 Å². The lowest BCUT2D eigenvalue weighted by molar-refractivity contribution is 0.0557. The molecular weight excluding hydrogens is 278 g/mol. The summed E-state index contributed by atoms with van der Waals surface area (Å²) in [7, 11) is 0. The van der Waals surface area contributed by atoms with Gasteiger partial charge in [-0.3, -0.25) is 9.69 Å². The van der Waals surface area contributed by atoms with E-state index in [-0.39, 0.29) is 17.9 Å². The number of rotatable bonds is 2. The molecule has 0 saturated carbocycles. The van der Waals surface area contributed by atoms with Gasteiger partial charge in [0, 0.05) is 18.0 Å². The SMILES string of the molecule is CCCC1CC(=O)c2cc(C)ccc2N1C(=O)OC(C)(C)C. The summed E-state index contributed by atoms with van der Waals surface area (Å²) >= 11 is 0. The summed E-state index contributed by atoms with van der Waals surface area (Å²) < 4.78 is 5.55. The second-order valence-corrected chi connectivity index (χ2v) is 6.94. The molecule has 1 aliphatic heterocycles. The van der Waals surface area contributed by atoms with Gasteiger partial charge in [-0.2, -0.15) is 0 Å². The van der Waals surface area contributed by atoms with Crippen LogP contribution in [0.2, 0.25) is 0 Å². The second-order valence-electron chi connectivity index (χ2n) is 6.94. The van der Waals surface area contributed by atoms with Gasteiger partial charge in [0.05, 0.1) is 5.69 Å². The van der Waals surface area contributed by atoms with Gasteiger partial charge in [-0.25, -0.2) is 4.79 Å². The number of fused-ring (bicyclic) bond motifs is 1. The molecule has 0 spiro atoms. The Labute approximate surface area is 132 Å². The Kier molecular flexibility index (Phi) is 4.59. The number of carbonyl (C=O) groups excluding carboxylic acids is 2. The Morgan fingerprint density at radius 2 is 2.05 bits per heavy atom. The Balaban J connectivity index is 2.44. The largest absolute Gasteiger partial charge is 0.443 e. The first kappa shape index (κ1) is 16.5. The van der Waals surface area contributed by atoms with Crippen LogP contribution < -0.4 is 4.90 Å². The zero-order valence-corrected chi connectivity index (χ0v) is 14.1. The highest BCUT2D eigenvalue weighted by Gasteiger charge is 2.37. The molecule has 1 heterocycles. The van der Waals surface area contributed by atoms with Crippen molar-refractivity contribution in [1.29, 1.82) is 0 Å². The van der Waals surface area contributed by atoms with Gasteiger partial charge in [-0.05, 0) is 46.2 Å². The van der Waals surface area contributed by atoms with Gasteiger partial charge >= 0.3 is 6.09 Å². The maximum absolute atomic E-state index is 12.6. The summed E-state index contributed by atoms with van der Waals surface area (Å²) in [4.78, 5) is 26.7. The molecule has 0 saturated heterocycles. The molecule has 1 unspecified atom stereocenters. The molecule has 0 N–H and O–H groups in total. The first-order valence-corrected chi connectivity index (χ1v) is 7.89. The van der Waals surface area contributed by atoms with Crippen molar-refractivity contribution >= 4 is 17.6 Å². The van der Waals surface area contributed by atoms with Crippen molar-refractivity contribution in [2.45, 2.75) is 65.5 Å². The lowest BCUT2D eigenvalue weighted by Gasteiger charge is -2.37. The van der Waals surface area contributed by atoms with Crippen LogP contribution in [0.1, 0.15) is 62.9 Å². The van der Waals surface area contributed by atoms with E-state index in [1.807, 2.05) is 45.9 Å². The van der Waals surface area contributed by atoms with Crippen LogP contribution in [0.3, 0.4) is 0 Å². The third-order valence-electron chi connectivity index (χ3n) is 3.71. The van der Waals surface area contributed by atoms with E-state index in [0.29, 0.717) is 17.7 Å². The van der Waals surface area contributed by atoms with Crippen LogP contribution in [0, 0.1) is 6.92 Å². The Hall–Kier alpha value is -1.84. The molecule has 4 nitrogen and oxygen atoms in total. The summed E-state index contributed by atoms with van der Waals surface area (Å²) in [6, 6.07) is 5.52. The highest BCUT2D eigenvalue weighted by molar-refractivity contribution is 6.08. The number of aryl methyl sites for hydroxylation is 1. The molecule has 1 aliphatic rings. The van der Waals surface area contributed by atoms with Crippen LogP contribution in [0.25, 0.3) is 0 Å². The minimum Gasteiger partial charge on any atom is -0.443 e. The van der Waals surface area contributed by atoms with E-state index in [1.165, 1.54) is 0 Å². The van der Waals surface area contributed by atoms with E-state index in [4.69, 9.17) is 4.74 Å². The third kappa shape index (κ3) is 3.49. The van der Waals surface area contributed by atoms with Crippen LogP contribution >= 0.6 is 0 Å². The molecule has 1 aromatic rings. The zero-order chi connectivity index (χ0) is 16.5. The lowest BCUT2D eigenvalue weighted by atomic mass is 9.91. The molecule has 0 bridgehead atoms. The van der Waals surface area contributed by atoms with Gasteiger partial charge in [0.15, 0.2) is 5.78 Å². The minimum absolute atomic E-state index is 0.108. The molecule has 4 heteroatoms. The molecule has 22 heavy (non-hydrogen) atoms. The van der Waals surface area contributed by atoms with E-state index >= 15 is 0 Å². The average molecular weight is 303 g/mol. The molecule has 1 atom stereocenters. The molecule has 1 aromatic carbocycles. The van der Waals surface area contributed by atoms with Crippen molar-refractivity contribution < 1.29 is 14.3 Å². The number of hydrogen-bond donors (Lipinski definition) is 0.